The van der Waals surface area contributed by atoms with E-state index in [0.717, 1.165) is 25.7 Å². The highest BCUT2D eigenvalue weighted by Crippen LogP contribution is 2.15. The Balaban J connectivity index is 2.31. The van der Waals surface area contributed by atoms with Crippen molar-refractivity contribution < 1.29 is 13.9 Å². The number of rotatable bonds is 6. The number of amides is 1. The summed E-state index contributed by atoms with van der Waals surface area (Å²) in [6.07, 6.45) is 1.68. The van der Waals surface area contributed by atoms with Gasteiger partial charge in [0.1, 0.15) is 16.5 Å². The summed E-state index contributed by atoms with van der Waals surface area (Å²) in [4.78, 5) is 27.7. The number of carbonyl (C=O) groups excluding carboxylic acids is 1. The first kappa shape index (κ1) is 21.6. The number of para-hydroxylation sites is 1. The normalized spacial score (nSPS) is 12.5. The van der Waals surface area contributed by atoms with Crippen molar-refractivity contribution in [2.45, 2.75) is 6.92 Å². The molecule has 1 aromatic carbocycles. The van der Waals surface area contributed by atoms with E-state index in [2.05, 4.69) is 5.32 Å². The number of aromatic nitrogens is 1. The van der Waals surface area contributed by atoms with E-state index in [1.165, 1.54) is 36.6 Å². The predicted molar refractivity (Wildman–Crippen MR) is 116 cm³/mol. The fourth-order valence-corrected chi connectivity index (χ4v) is 4.69. The largest absolute Gasteiger partial charge is 0.383 e. The summed E-state index contributed by atoms with van der Waals surface area (Å²) in [6.45, 7) is 2.42. The molecule has 0 aliphatic carbocycles. The maximum Gasteiger partial charge on any atom is 0.273 e. The maximum absolute atomic E-state index is 14.5. The zero-order valence-electron chi connectivity index (χ0n) is 16.3. The van der Waals surface area contributed by atoms with Crippen molar-refractivity contribution in [1.82, 2.24) is 9.88 Å². The molecule has 3 aromatic rings. The van der Waals surface area contributed by atoms with E-state index < -0.39 is 17.3 Å². The van der Waals surface area contributed by atoms with Crippen molar-refractivity contribution in [3.8, 4) is 11.8 Å². The van der Waals surface area contributed by atoms with Crippen LogP contribution in [0.2, 0.25) is 0 Å². The van der Waals surface area contributed by atoms with Crippen LogP contribution in [0, 0.1) is 24.1 Å². The average molecular weight is 444 g/mol. The van der Waals surface area contributed by atoms with Crippen molar-refractivity contribution in [2.75, 3.05) is 20.3 Å². The molecule has 1 N–H and O–H groups in total. The molecule has 2 heterocycles. The van der Waals surface area contributed by atoms with Crippen LogP contribution in [0.5, 0.6) is 0 Å². The van der Waals surface area contributed by atoms with Gasteiger partial charge in [0, 0.05) is 23.4 Å². The van der Waals surface area contributed by atoms with Gasteiger partial charge >= 0.3 is 0 Å². The monoisotopic (exact) mass is 443 g/mol. The third-order valence-electron chi connectivity index (χ3n) is 4.10. The molecular formula is C21H18FN3O3S2. The summed E-state index contributed by atoms with van der Waals surface area (Å²) in [5.74, 6) is -1.28. The third kappa shape index (κ3) is 4.57. The van der Waals surface area contributed by atoms with Crippen molar-refractivity contribution in [2.24, 2.45) is 0 Å². The Kier molecular flexibility index (Phi) is 6.95. The van der Waals surface area contributed by atoms with Gasteiger partial charge < -0.3 is 10.1 Å². The number of carbonyl (C=O) groups is 1. The molecule has 6 nitrogen and oxygen atoms in total. The molecule has 0 atom stereocenters. The molecule has 2 aromatic heterocycles. The lowest BCUT2D eigenvalue weighted by molar-refractivity contribution is -0.115. The number of thiophene rings is 1. The van der Waals surface area contributed by atoms with Gasteiger partial charge in [-0.3, -0.25) is 14.2 Å². The first-order chi connectivity index (χ1) is 14.5. The Bertz CT molecular complexity index is 1300. The number of nitrogens with zero attached hydrogens (tertiary/aromatic N) is 2. The number of methoxy groups -OCH3 is 1. The zero-order chi connectivity index (χ0) is 21.7. The Morgan fingerprint density at radius 1 is 1.30 bits per heavy atom. The first-order valence-electron chi connectivity index (χ1n) is 8.92. The van der Waals surface area contributed by atoms with Gasteiger partial charge in [0.2, 0.25) is 0 Å². The average Bonchev–Trinajstić information content (AvgIpc) is 3.27. The summed E-state index contributed by atoms with van der Waals surface area (Å²) in [5.41, 5.74) is -0.782. The quantitative estimate of drug-likeness (QED) is 0.588. The Hall–Kier alpha value is -3.06. The molecule has 0 aliphatic rings. The molecule has 30 heavy (non-hydrogen) atoms. The van der Waals surface area contributed by atoms with Crippen LogP contribution in [0.1, 0.15) is 9.75 Å². The van der Waals surface area contributed by atoms with E-state index in [1.54, 1.807) is 12.1 Å². The molecule has 154 valence electrons. The van der Waals surface area contributed by atoms with E-state index in [4.69, 9.17) is 4.74 Å². The van der Waals surface area contributed by atoms with Gasteiger partial charge in [-0.2, -0.15) is 5.26 Å². The highest BCUT2D eigenvalue weighted by atomic mass is 32.1. The van der Waals surface area contributed by atoms with E-state index in [0.29, 0.717) is 4.53 Å². The summed E-state index contributed by atoms with van der Waals surface area (Å²) >= 11 is 2.48. The second-order valence-corrected chi connectivity index (χ2v) is 8.54. The minimum atomic E-state index is -0.653. The molecule has 0 unspecified atom stereocenters. The highest BCUT2D eigenvalue weighted by molar-refractivity contribution is 7.13. The smallest absolute Gasteiger partial charge is 0.273 e. The highest BCUT2D eigenvalue weighted by Gasteiger charge is 2.18. The number of thiazole rings is 1. The lowest BCUT2D eigenvalue weighted by Gasteiger charge is -2.06. The van der Waals surface area contributed by atoms with Crippen LogP contribution >= 0.6 is 22.7 Å². The predicted octanol–water partition coefficient (Wildman–Crippen LogP) is 1.67. The minimum absolute atomic E-state index is 0.0202. The van der Waals surface area contributed by atoms with Crippen LogP contribution in [0.3, 0.4) is 0 Å². The van der Waals surface area contributed by atoms with Gasteiger partial charge in [0.15, 0.2) is 5.57 Å². The van der Waals surface area contributed by atoms with Gasteiger partial charge in [-0.15, -0.1) is 22.7 Å². The van der Waals surface area contributed by atoms with Crippen LogP contribution in [0.25, 0.3) is 17.3 Å². The molecule has 3 rings (SSSR count). The first-order valence-corrected chi connectivity index (χ1v) is 10.6. The topological polar surface area (TPSA) is 84.1 Å². The molecule has 0 saturated heterocycles. The molecule has 0 saturated carbocycles. The number of ether oxygens (including phenoxy) is 1. The van der Waals surface area contributed by atoms with Gasteiger partial charge in [-0.25, -0.2) is 4.39 Å². The van der Waals surface area contributed by atoms with Crippen molar-refractivity contribution in [3.63, 3.8) is 0 Å². The van der Waals surface area contributed by atoms with Crippen molar-refractivity contribution in [3.05, 3.63) is 71.5 Å². The fourth-order valence-electron chi connectivity index (χ4n) is 2.71. The molecule has 0 aliphatic heterocycles. The number of nitrogens with one attached hydrogen (secondary N) is 1. The Morgan fingerprint density at radius 3 is 2.70 bits per heavy atom. The third-order valence-corrected chi connectivity index (χ3v) is 6.14. The van der Waals surface area contributed by atoms with Crippen LogP contribution in [-0.2, 0) is 9.53 Å². The molecule has 0 radical (unpaired) electrons. The van der Waals surface area contributed by atoms with E-state index >= 15 is 0 Å². The summed E-state index contributed by atoms with van der Waals surface area (Å²) in [7, 11) is 1.49. The van der Waals surface area contributed by atoms with Crippen molar-refractivity contribution >= 4 is 40.2 Å². The molecule has 0 fully saturated rings. The maximum atomic E-state index is 14.5. The van der Waals surface area contributed by atoms with Crippen LogP contribution in [0.15, 0.2) is 41.2 Å². The van der Waals surface area contributed by atoms with Crippen LogP contribution < -0.4 is 20.1 Å². The SMILES string of the molecule is COCCNC(=O)/C(C#N)=c1\s/c(=C\c2ccc(C)s2)c(=O)n1-c1ccccc1F. The standard InChI is InChI=1S/C21H18FN3O3S2/c1-13-7-8-14(29-13)11-18-20(27)25(17-6-4-3-5-16(17)22)21(30-18)15(12-23)19(26)24-9-10-28-2/h3-8,11H,9-10H2,1-2H3,(H,24,26)/b18-11-,21-15-. The lowest BCUT2D eigenvalue weighted by atomic mass is 10.2. The molecule has 0 spiro atoms. The fraction of sp³-hybridized carbons (Fsp3) is 0.190. The lowest BCUT2D eigenvalue weighted by Crippen LogP contribution is -2.35. The Labute approximate surface area is 179 Å². The van der Waals surface area contributed by atoms with E-state index in [1.807, 2.05) is 25.1 Å². The number of hydrogen-bond acceptors (Lipinski definition) is 6. The van der Waals surface area contributed by atoms with Gasteiger partial charge in [0.05, 0.1) is 16.8 Å². The molecule has 0 bridgehead atoms. The van der Waals surface area contributed by atoms with E-state index in [-0.39, 0.29) is 29.1 Å². The second-order valence-electron chi connectivity index (χ2n) is 6.19. The number of aryl methyl sites for hydroxylation is 1. The number of nitriles is 1. The van der Waals surface area contributed by atoms with E-state index in [9.17, 15) is 19.2 Å². The summed E-state index contributed by atoms with van der Waals surface area (Å²) in [6, 6.07) is 11.4. The van der Waals surface area contributed by atoms with Crippen LogP contribution in [-0.4, -0.2) is 30.7 Å². The zero-order valence-corrected chi connectivity index (χ0v) is 17.9. The summed E-state index contributed by atoms with van der Waals surface area (Å²) in [5, 5.41) is 12.2. The summed E-state index contributed by atoms with van der Waals surface area (Å²) < 4.78 is 20.9. The van der Waals surface area contributed by atoms with Gasteiger partial charge in [-0.1, -0.05) is 12.1 Å². The molecule has 9 heteroatoms. The number of benzene rings is 1. The molecular weight excluding hydrogens is 425 g/mol. The van der Waals surface area contributed by atoms with Gasteiger partial charge in [-0.05, 0) is 37.3 Å². The van der Waals surface area contributed by atoms with Crippen LogP contribution in [0.4, 0.5) is 4.39 Å². The number of hydrogen-bond donors (Lipinski definition) is 1. The second kappa shape index (κ2) is 9.63. The minimum Gasteiger partial charge on any atom is -0.383 e. The number of halogens is 1. The molecule has 1 amide bonds. The van der Waals surface area contributed by atoms with Crippen molar-refractivity contribution in [1.29, 1.82) is 5.26 Å². The van der Waals surface area contributed by atoms with Gasteiger partial charge in [0.25, 0.3) is 11.5 Å². The Morgan fingerprint density at radius 2 is 2.07 bits per heavy atom.